The zero-order valence-electron chi connectivity index (χ0n) is 24.1. The second-order valence-corrected chi connectivity index (χ2v) is 12.8. The summed E-state index contributed by atoms with van der Waals surface area (Å²) in [5.41, 5.74) is 9.55. The molecule has 4 aliphatic rings. The lowest BCUT2D eigenvalue weighted by Crippen LogP contribution is -2.69. The number of piperidine rings is 1. The number of aromatic nitrogens is 4. The van der Waals surface area contributed by atoms with E-state index in [0.717, 1.165) is 72.2 Å². The monoisotopic (exact) mass is 564 g/mol. The molecule has 2 aromatic heterocycles. The molecule has 218 valence electrons. The summed E-state index contributed by atoms with van der Waals surface area (Å²) in [6.45, 7) is 4.52. The van der Waals surface area contributed by atoms with Crippen LogP contribution in [0.15, 0.2) is 60.9 Å². The van der Waals surface area contributed by atoms with Crippen LogP contribution < -0.4 is 21.1 Å². The molecule has 1 aliphatic carbocycles. The van der Waals surface area contributed by atoms with E-state index < -0.39 is 0 Å². The molecule has 4 fully saturated rings. The molecule has 0 bridgehead atoms. The number of nitrogens with two attached hydrogens (primary N) is 1. The Morgan fingerprint density at radius 3 is 2.29 bits per heavy atom. The summed E-state index contributed by atoms with van der Waals surface area (Å²) in [5, 5.41) is 13.5. The minimum Gasteiger partial charge on any atom is -0.457 e. The number of fused-ring (bicyclic) bond motifs is 1. The second kappa shape index (κ2) is 10.6. The number of benzene rings is 2. The fraction of sp³-hybridized carbons (Fsp3) is 0.485. The third-order valence-electron chi connectivity index (χ3n) is 10.5. The quantitative estimate of drug-likeness (QED) is 0.308. The van der Waals surface area contributed by atoms with Gasteiger partial charge in [0.15, 0.2) is 5.65 Å². The van der Waals surface area contributed by atoms with Gasteiger partial charge in [-0.05, 0) is 93.8 Å². The van der Waals surface area contributed by atoms with Crippen LogP contribution in [0.4, 0.5) is 5.82 Å². The molecule has 4 aromatic rings. The minimum atomic E-state index is 0.290. The van der Waals surface area contributed by atoms with Gasteiger partial charge in [-0.25, -0.2) is 14.6 Å². The SMILES string of the molecule is Nc1ncnc2c1c(-c1ccc(Oc3ccccc3)cc1)nn2C1CCN(C2CNC2C2CCC3(CCN3)CC2)CC1. The van der Waals surface area contributed by atoms with E-state index in [1.807, 2.05) is 54.6 Å². The first-order chi connectivity index (χ1) is 20.7. The van der Waals surface area contributed by atoms with E-state index in [2.05, 4.69) is 30.2 Å². The van der Waals surface area contributed by atoms with Gasteiger partial charge in [-0.15, -0.1) is 0 Å². The molecule has 9 nitrogen and oxygen atoms in total. The highest BCUT2D eigenvalue weighted by Gasteiger charge is 2.46. The smallest absolute Gasteiger partial charge is 0.164 e. The Balaban J connectivity index is 0.968. The van der Waals surface area contributed by atoms with E-state index in [4.69, 9.17) is 15.6 Å². The molecule has 2 unspecified atom stereocenters. The fourth-order valence-electron chi connectivity index (χ4n) is 7.87. The molecular weight excluding hydrogens is 524 g/mol. The summed E-state index contributed by atoms with van der Waals surface area (Å²) in [7, 11) is 0. The molecule has 0 radical (unpaired) electrons. The Morgan fingerprint density at radius 1 is 0.881 bits per heavy atom. The van der Waals surface area contributed by atoms with Gasteiger partial charge >= 0.3 is 0 Å². The van der Waals surface area contributed by atoms with Crippen molar-refractivity contribution in [3.8, 4) is 22.8 Å². The highest BCUT2D eigenvalue weighted by molar-refractivity contribution is 5.98. The summed E-state index contributed by atoms with van der Waals surface area (Å²) < 4.78 is 8.12. The summed E-state index contributed by atoms with van der Waals surface area (Å²) in [6, 6.07) is 19.5. The standard InChI is InChI=1S/C33H40N8O/c34-31-28-30(22-6-8-26(9-7-22)42-25-4-2-1-3-5-25)39-41(32(28)37-21-36-31)24-12-18-40(19-13-24)27-20-35-29(27)23-10-14-33(15-11-23)16-17-38-33/h1-9,21,23-24,27,29,35,38H,10-20H2,(H2,34,36,37). The van der Waals surface area contributed by atoms with E-state index in [9.17, 15) is 0 Å². The van der Waals surface area contributed by atoms with Crippen molar-refractivity contribution in [2.75, 3.05) is 31.9 Å². The summed E-state index contributed by atoms with van der Waals surface area (Å²) >= 11 is 0. The summed E-state index contributed by atoms with van der Waals surface area (Å²) in [5.74, 6) is 2.88. The van der Waals surface area contributed by atoms with Gasteiger partial charge in [-0.1, -0.05) is 18.2 Å². The van der Waals surface area contributed by atoms with Crippen molar-refractivity contribution >= 4 is 16.9 Å². The first-order valence-electron chi connectivity index (χ1n) is 15.7. The predicted molar refractivity (Wildman–Crippen MR) is 164 cm³/mol. The lowest BCUT2D eigenvalue weighted by molar-refractivity contribution is 0.0144. The Hall–Kier alpha value is -3.53. The zero-order valence-corrected chi connectivity index (χ0v) is 24.1. The first-order valence-corrected chi connectivity index (χ1v) is 15.7. The number of hydrogen-bond acceptors (Lipinski definition) is 8. The van der Waals surface area contributed by atoms with Crippen LogP contribution in [0.5, 0.6) is 11.5 Å². The predicted octanol–water partition coefficient (Wildman–Crippen LogP) is 4.77. The molecule has 3 aliphatic heterocycles. The van der Waals surface area contributed by atoms with Crippen molar-refractivity contribution in [2.45, 2.75) is 68.6 Å². The second-order valence-electron chi connectivity index (χ2n) is 12.8. The Morgan fingerprint density at radius 2 is 1.62 bits per heavy atom. The van der Waals surface area contributed by atoms with Crippen molar-refractivity contribution in [1.82, 2.24) is 35.3 Å². The number of ether oxygens (including phenoxy) is 1. The van der Waals surface area contributed by atoms with Gasteiger partial charge in [0.25, 0.3) is 0 Å². The van der Waals surface area contributed by atoms with Crippen LogP contribution in [0.3, 0.4) is 0 Å². The van der Waals surface area contributed by atoms with Crippen molar-refractivity contribution in [2.24, 2.45) is 5.92 Å². The van der Waals surface area contributed by atoms with Gasteiger partial charge < -0.3 is 21.1 Å². The van der Waals surface area contributed by atoms with Crippen LogP contribution in [0.1, 0.15) is 51.0 Å². The van der Waals surface area contributed by atoms with Gasteiger partial charge in [0.05, 0.1) is 11.4 Å². The van der Waals surface area contributed by atoms with Crippen LogP contribution in [-0.2, 0) is 0 Å². The lowest BCUT2D eigenvalue weighted by Gasteiger charge is -2.54. The van der Waals surface area contributed by atoms with Crippen LogP contribution >= 0.6 is 0 Å². The molecule has 4 N–H and O–H groups in total. The van der Waals surface area contributed by atoms with Gasteiger partial charge in [-0.2, -0.15) is 5.10 Å². The molecule has 3 saturated heterocycles. The highest BCUT2D eigenvalue weighted by Crippen LogP contribution is 2.42. The summed E-state index contributed by atoms with van der Waals surface area (Å²) in [4.78, 5) is 11.7. The maximum Gasteiger partial charge on any atom is 0.164 e. The van der Waals surface area contributed by atoms with Crippen molar-refractivity contribution in [3.63, 3.8) is 0 Å². The minimum absolute atomic E-state index is 0.290. The highest BCUT2D eigenvalue weighted by atomic mass is 16.5. The van der Waals surface area contributed by atoms with Crippen LogP contribution in [0, 0.1) is 5.92 Å². The maximum atomic E-state index is 6.42. The third-order valence-corrected chi connectivity index (χ3v) is 10.5. The number of nitrogens with zero attached hydrogens (tertiary/aromatic N) is 5. The van der Waals surface area contributed by atoms with E-state index in [1.165, 1.54) is 38.6 Å². The summed E-state index contributed by atoms with van der Waals surface area (Å²) in [6.07, 6.45) is 10.5. The first kappa shape index (κ1) is 26.1. The molecule has 8 rings (SSSR count). The molecule has 2 aromatic carbocycles. The number of likely N-dealkylation sites (tertiary alicyclic amines) is 1. The van der Waals surface area contributed by atoms with Crippen molar-refractivity contribution in [1.29, 1.82) is 0 Å². The Kier molecular flexibility index (Phi) is 6.61. The molecule has 9 heteroatoms. The normalized spacial score (nSPS) is 28.4. The van der Waals surface area contributed by atoms with Crippen LogP contribution in [0.2, 0.25) is 0 Å². The average Bonchev–Trinajstić information content (AvgIpc) is 3.39. The van der Waals surface area contributed by atoms with Crippen LogP contribution in [0.25, 0.3) is 22.3 Å². The molecule has 1 spiro atoms. The lowest BCUT2D eigenvalue weighted by atomic mass is 9.67. The van der Waals surface area contributed by atoms with Gasteiger partial charge in [0.2, 0.25) is 0 Å². The Bertz CT molecular complexity index is 1530. The van der Waals surface area contributed by atoms with E-state index in [0.29, 0.717) is 29.5 Å². The van der Waals surface area contributed by atoms with E-state index in [-0.39, 0.29) is 0 Å². The molecule has 2 atom stereocenters. The topological polar surface area (TPSA) is 106 Å². The zero-order chi connectivity index (χ0) is 28.1. The average molecular weight is 565 g/mol. The Labute approximate surface area is 246 Å². The molecular formula is C33H40N8O. The van der Waals surface area contributed by atoms with Crippen LogP contribution in [-0.4, -0.2) is 68.4 Å². The largest absolute Gasteiger partial charge is 0.457 e. The van der Waals surface area contributed by atoms with Gasteiger partial charge in [0.1, 0.15) is 29.3 Å². The molecule has 0 amide bonds. The number of rotatable bonds is 6. The van der Waals surface area contributed by atoms with Gasteiger partial charge in [-0.3, -0.25) is 4.90 Å². The molecule has 42 heavy (non-hydrogen) atoms. The molecule has 5 heterocycles. The number of nitrogen functional groups attached to an aromatic ring is 1. The number of hydrogen-bond donors (Lipinski definition) is 3. The number of para-hydroxylation sites is 1. The van der Waals surface area contributed by atoms with E-state index in [1.54, 1.807) is 6.33 Å². The number of nitrogens with one attached hydrogen (secondary N) is 2. The number of anilines is 1. The third kappa shape index (κ3) is 4.64. The van der Waals surface area contributed by atoms with E-state index >= 15 is 0 Å². The van der Waals surface area contributed by atoms with Crippen molar-refractivity contribution < 1.29 is 4.74 Å². The van der Waals surface area contributed by atoms with Gasteiger partial charge in [0, 0.05) is 42.8 Å². The van der Waals surface area contributed by atoms with Crippen molar-refractivity contribution in [3.05, 3.63) is 60.9 Å². The molecule has 1 saturated carbocycles. The maximum absolute atomic E-state index is 6.42. The fourth-order valence-corrected chi connectivity index (χ4v) is 7.87.